The number of esters is 1. The molecular formula is C62H72O17. The lowest BCUT2D eigenvalue weighted by molar-refractivity contribution is -0.140. The Hall–Kier alpha value is -7.02. The van der Waals surface area contributed by atoms with Gasteiger partial charge >= 0.3 is 11.6 Å². The Balaban J connectivity index is 0.000000120. The van der Waals surface area contributed by atoms with E-state index in [2.05, 4.69) is 13.8 Å². The number of ether oxygens (including phenoxy) is 11. The van der Waals surface area contributed by atoms with Gasteiger partial charge in [-0.3, -0.25) is 4.79 Å². The molecule has 13 rings (SSSR count). The lowest BCUT2D eigenvalue weighted by Crippen LogP contribution is -2.25. The molecule has 0 saturated heterocycles. The number of aryl methyl sites for hydroxylation is 1. The first-order valence-corrected chi connectivity index (χ1v) is 26.4. The Morgan fingerprint density at radius 2 is 0.987 bits per heavy atom. The fourth-order valence-corrected chi connectivity index (χ4v) is 10.8. The number of fused-ring (bicyclic) bond motifs is 10. The van der Waals surface area contributed by atoms with Gasteiger partial charge in [-0.15, -0.1) is 0 Å². The van der Waals surface area contributed by atoms with Gasteiger partial charge in [-0.05, 0) is 118 Å². The van der Waals surface area contributed by atoms with E-state index in [-0.39, 0.29) is 67.0 Å². The van der Waals surface area contributed by atoms with Crippen LogP contribution in [0.5, 0.6) is 51.7 Å². The molecule has 4 fully saturated rings. The summed E-state index contributed by atoms with van der Waals surface area (Å²) in [7, 11) is 6.32. The maximum Gasteiger partial charge on any atom is 0.339 e. The molecule has 3 aliphatic heterocycles. The average molecular weight is 1090 g/mol. The van der Waals surface area contributed by atoms with E-state index in [0.29, 0.717) is 63.6 Å². The number of carbonyl (C=O) groups excluding carboxylic acids is 1. The Morgan fingerprint density at radius 3 is 1.54 bits per heavy atom. The molecule has 0 radical (unpaired) electrons. The Kier molecular flexibility index (Phi) is 16.8. The molecule has 4 saturated carbocycles. The molecule has 7 aliphatic rings. The predicted octanol–water partition coefficient (Wildman–Crippen LogP) is 10.9. The van der Waals surface area contributed by atoms with Crippen molar-refractivity contribution in [3.8, 4) is 51.7 Å². The predicted molar refractivity (Wildman–Crippen MR) is 292 cm³/mol. The Labute approximate surface area is 460 Å². The molecule has 79 heavy (non-hydrogen) atoms. The van der Waals surface area contributed by atoms with Crippen LogP contribution in [-0.4, -0.2) is 96.7 Å². The fourth-order valence-electron chi connectivity index (χ4n) is 10.8. The second-order valence-electron chi connectivity index (χ2n) is 22.3. The van der Waals surface area contributed by atoms with Crippen molar-refractivity contribution in [2.75, 3.05) is 75.4 Å². The summed E-state index contributed by atoms with van der Waals surface area (Å²) in [5, 5.41) is 29.7. The van der Waals surface area contributed by atoms with Crippen LogP contribution in [0.4, 0.5) is 0 Å². The molecular weight excluding hydrogens is 1020 g/mol. The Bertz CT molecular complexity index is 3210. The number of rotatable bonds is 14. The number of phenolic OH excluding ortho intramolecular Hbond substituents is 2. The molecule has 17 heteroatoms. The second-order valence-corrected chi connectivity index (χ2v) is 22.3. The molecule has 6 aromatic rings. The minimum Gasteiger partial charge on any atom is -0.508 e. The third-order valence-electron chi connectivity index (χ3n) is 16.2. The van der Waals surface area contributed by atoms with Crippen molar-refractivity contribution in [1.29, 1.82) is 0 Å². The third-order valence-corrected chi connectivity index (χ3v) is 16.2. The van der Waals surface area contributed by atoms with Crippen LogP contribution in [0.2, 0.25) is 0 Å². The Morgan fingerprint density at radius 1 is 0.532 bits per heavy atom. The molecule has 8 atom stereocenters. The lowest BCUT2D eigenvalue weighted by Gasteiger charge is -2.23. The summed E-state index contributed by atoms with van der Waals surface area (Å²) >= 11 is 0. The van der Waals surface area contributed by atoms with Crippen molar-refractivity contribution in [2.24, 2.45) is 21.7 Å². The number of hydrogen-bond donors (Lipinski definition) is 3. The van der Waals surface area contributed by atoms with E-state index in [0.717, 1.165) is 77.6 Å². The fraction of sp³-hybridized carbons (Fsp3) is 0.452. The summed E-state index contributed by atoms with van der Waals surface area (Å²) in [6.45, 7) is 12.7. The van der Waals surface area contributed by atoms with Gasteiger partial charge in [-0.2, -0.15) is 0 Å². The van der Waals surface area contributed by atoms with Crippen molar-refractivity contribution < 1.29 is 76.6 Å². The van der Waals surface area contributed by atoms with Crippen LogP contribution in [0.3, 0.4) is 0 Å². The number of methoxy groups -OCH3 is 4. The van der Waals surface area contributed by atoms with Gasteiger partial charge in [0.2, 0.25) is 0 Å². The van der Waals surface area contributed by atoms with E-state index in [9.17, 15) is 24.9 Å². The first-order valence-electron chi connectivity index (χ1n) is 26.4. The zero-order valence-electron chi connectivity index (χ0n) is 46.4. The van der Waals surface area contributed by atoms with E-state index in [4.69, 9.17) is 56.5 Å². The highest BCUT2D eigenvalue weighted by Crippen LogP contribution is 2.68. The molecule has 4 heterocycles. The quantitative estimate of drug-likeness (QED) is 0.0401. The molecule has 8 unspecified atom stereocenters. The van der Waals surface area contributed by atoms with E-state index in [1.807, 2.05) is 68.4 Å². The van der Waals surface area contributed by atoms with Gasteiger partial charge < -0.3 is 71.8 Å². The lowest BCUT2D eigenvalue weighted by atomic mass is 9.97. The van der Waals surface area contributed by atoms with Crippen LogP contribution in [0, 0.1) is 28.6 Å². The van der Waals surface area contributed by atoms with Gasteiger partial charge in [-0.1, -0.05) is 51.1 Å². The SMILES string of the molecule is CC12COc3cccc(O)c3C1C2.COCOc1cccc(O)c1C1CC1(C)CO.COCOc1cccc2c1C1CC1(C)C(=O)O2.COCOc1cccc2c1C1CC1(C)CO2.COCOc1cccc2oc(=O)c(C)cc12. The zero-order chi connectivity index (χ0) is 56.3. The second kappa shape index (κ2) is 23.4. The van der Waals surface area contributed by atoms with Crippen molar-refractivity contribution >= 4 is 16.9 Å². The van der Waals surface area contributed by atoms with Crippen LogP contribution in [0.1, 0.15) is 105 Å². The highest BCUT2D eigenvalue weighted by molar-refractivity contribution is 5.88. The van der Waals surface area contributed by atoms with E-state index < -0.39 is 0 Å². The third kappa shape index (κ3) is 12.0. The number of benzene rings is 5. The van der Waals surface area contributed by atoms with Crippen LogP contribution >= 0.6 is 0 Å². The van der Waals surface area contributed by atoms with Gasteiger partial charge in [0.1, 0.15) is 57.3 Å². The number of aliphatic hydroxyl groups is 1. The average Bonchev–Trinajstić information content (AvgIpc) is 4.40. The molecule has 5 aromatic carbocycles. The summed E-state index contributed by atoms with van der Waals surface area (Å²) < 4.78 is 63.3. The first-order chi connectivity index (χ1) is 38.0. The van der Waals surface area contributed by atoms with E-state index in [1.54, 1.807) is 77.8 Å². The highest BCUT2D eigenvalue weighted by Gasteiger charge is 2.63. The van der Waals surface area contributed by atoms with Crippen LogP contribution in [0.15, 0.2) is 106 Å². The minimum absolute atomic E-state index is 0.121. The van der Waals surface area contributed by atoms with Gasteiger partial charge in [0, 0.05) is 91.4 Å². The standard InChI is InChI=1S/C13H14O4.C13H18O4.C13H16O3.C12H12O4.C11H12O2/c1-13-6-8(13)11-9(16-7-15-2)4-3-5-10(11)17-12(13)14;1-13(7-14)6-9(13)12-10(15)4-3-5-11(12)17-8-16-2;1-13-6-9(13)12-10(15-7-13)4-3-5-11(12)16-8-14-2;1-8-6-9-10(15-7-14-2)4-3-5-11(9)16-12(8)13;1-11-5-7(11)10-8(12)3-2-4-9(10)13-6-11/h3-5,8H,6-7H2,1-2H3;3-5,9,14-15H,6-8H2,1-2H3;3-5,9H,6-8H2,1-2H3;3-6H,7H2,1-2H3;2-4,7,12H,5-6H2,1H3. The normalized spacial score (nSPS) is 25.9. The van der Waals surface area contributed by atoms with Gasteiger partial charge in [0.15, 0.2) is 27.2 Å². The van der Waals surface area contributed by atoms with Crippen molar-refractivity contribution in [1.82, 2.24) is 0 Å². The molecule has 17 nitrogen and oxygen atoms in total. The molecule has 422 valence electrons. The van der Waals surface area contributed by atoms with Crippen LogP contribution < -0.4 is 38.8 Å². The monoisotopic (exact) mass is 1090 g/mol. The number of aliphatic hydroxyl groups excluding tert-OH is 1. The topological polar surface area (TPSA) is 209 Å². The number of phenols is 2. The van der Waals surface area contributed by atoms with E-state index >= 15 is 0 Å². The summed E-state index contributed by atoms with van der Waals surface area (Å²) in [5.41, 5.74) is 4.94. The smallest absolute Gasteiger partial charge is 0.339 e. The van der Waals surface area contributed by atoms with Crippen molar-refractivity contribution in [3.63, 3.8) is 0 Å². The molecule has 0 spiro atoms. The molecule has 1 aromatic heterocycles. The summed E-state index contributed by atoms with van der Waals surface area (Å²) in [4.78, 5) is 23.1. The summed E-state index contributed by atoms with van der Waals surface area (Å²) in [6, 6.07) is 29.3. The largest absolute Gasteiger partial charge is 0.508 e. The van der Waals surface area contributed by atoms with Gasteiger partial charge in [-0.25, -0.2) is 4.79 Å². The molecule has 0 bridgehead atoms. The molecule has 3 N–H and O–H groups in total. The number of aromatic hydroxyl groups is 2. The number of hydrogen-bond acceptors (Lipinski definition) is 17. The first kappa shape index (κ1) is 56.7. The summed E-state index contributed by atoms with van der Waals surface area (Å²) in [5.74, 6) is 7.43. The maximum atomic E-state index is 11.8. The van der Waals surface area contributed by atoms with Gasteiger partial charge in [0.05, 0.1) is 24.0 Å². The van der Waals surface area contributed by atoms with Crippen LogP contribution in [-0.2, 0) is 23.7 Å². The molecule has 0 amide bonds. The summed E-state index contributed by atoms with van der Waals surface area (Å²) in [6.07, 6.45) is 4.06. The molecule has 4 aliphatic carbocycles. The van der Waals surface area contributed by atoms with Crippen molar-refractivity contribution in [3.05, 3.63) is 135 Å². The van der Waals surface area contributed by atoms with E-state index in [1.165, 1.54) is 12.0 Å². The number of carbonyl (C=O) groups is 1. The van der Waals surface area contributed by atoms with Crippen LogP contribution in [0.25, 0.3) is 11.0 Å². The van der Waals surface area contributed by atoms with Crippen molar-refractivity contribution in [2.45, 2.75) is 84.0 Å². The minimum atomic E-state index is -0.348. The zero-order valence-corrected chi connectivity index (χ0v) is 46.4. The van der Waals surface area contributed by atoms with Gasteiger partial charge in [0.25, 0.3) is 0 Å². The maximum absolute atomic E-state index is 11.8. The highest BCUT2D eigenvalue weighted by atomic mass is 16.7.